The van der Waals surface area contributed by atoms with Gasteiger partial charge in [-0.3, -0.25) is 9.59 Å². The van der Waals surface area contributed by atoms with Crippen LogP contribution in [0.1, 0.15) is 27.0 Å². The molecule has 30 heavy (non-hydrogen) atoms. The number of fused-ring (bicyclic) bond motifs is 4. The van der Waals surface area contributed by atoms with Crippen LogP contribution in [0.4, 0.5) is 11.5 Å². The van der Waals surface area contributed by atoms with E-state index in [1.807, 2.05) is 60.8 Å². The first kappa shape index (κ1) is 17.0. The molecule has 0 fully saturated rings. The van der Waals surface area contributed by atoms with E-state index >= 15 is 0 Å². The van der Waals surface area contributed by atoms with Crippen molar-refractivity contribution >= 4 is 34.2 Å². The van der Waals surface area contributed by atoms with E-state index in [9.17, 15) is 9.59 Å². The molecular formula is C24H18N4O2. The fourth-order valence-corrected chi connectivity index (χ4v) is 4.74. The van der Waals surface area contributed by atoms with E-state index < -0.39 is 5.41 Å². The Morgan fingerprint density at radius 1 is 1.03 bits per heavy atom. The zero-order chi connectivity index (χ0) is 20.3. The van der Waals surface area contributed by atoms with E-state index in [1.54, 1.807) is 6.20 Å². The van der Waals surface area contributed by atoms with Crippen molar-refractivity contribution in [1.29, 1.82) is 0 Å². The lowest BCUT2D eigenvalue weighted by Gasteiger charge is -2.20. The molecule has 6 rings (SSSR count). The number of aromatic amines is 1. The summed E-state index contributed by atoms with van der Waals surface area (Å²) in [4.78, 5) is 33.1. The van der Waals surface area contributed by atoms with Gasteiger partial charge in [0, 0.05) is 40.1 Å². The van der Waals surface area contributed by atoms with Crippen LogP contribution in [0.2, 0.25) is 0 Å². The average Bonchev–Trinajstić information content (AvgIpc) is 3.44. The first-order chi connectivity index (χ1) is 14.6. The standard InChI is InChI=1S/C24H18N4O2/c29-22(27-18-5-6-20-14(11-18)7-9-25-20)15-3-4-16-12-24(13-17(16)10-15)19-2-1-8-26-21(19)28-23(24)30/h1-11,25H,12-13H2,(H,27,29)(H,26,28,30). The molecule has 6 heteroatoms. The molecule has 0 saturated carbocycles. The van der Waals surface area contributed by atoms with E-state index in [2.05, 4.69) is 20.6 Å². The second-order valence-corrected chi connectivity index (χ2v) is 8.01. The van der Waals surface area contributed by atoms with Crippen LogP contribution in [-0.2, 0) is 23.1 Å². The maximum Gasteiger partial charge on any atom is 0.255 e. The number of H-pyrrole nitrogens is 1. The first-order valence-electron chi connectivity index (χ1n) is 9.90. The van der Waals surface area contributed by atoms with Gasteiger partial charge in [-0.1, -0.05) is 12.1 Å². The number of hydrogen-bond donors (Lipinski definition) is 3. The van der Waals surface area contributed by atoms with Crippen LogP contribution in [0.5, 0.6) is 0 Å². The van der Waals surface area contributed by atoms with Crippen LogP contribution in [-0.4, -0.2) is 21.8 Å². The fraction of sp³-hybridized carbons (Fsp3) is 0.125. The SMILES string of the molecule is O=C(Nc1ccc2[nH]ccc2c1)c1ccc2c(c1)CC1(C2)C(=O)Nc2ncccc21. The highest BCUT2D eigenvalue weighted by molar-refractivity contribution is 6.07. The van der Waals surface area contributed by atoms with Crippen LogP contribution < -0.4 is 10.6 Å². The molecule has 2 aromatic carbocycles. The Balaban J connectivity index is 1.29. The minimum Gasteiger partial charge on any atom is -0.361 e. The molecule has 3 heterocycles. The van der Waals surface area contributed by atoms with Crippen molar-refractivity contribution in [1.82, 2.24) is 9.97 Å². The molecule has 2 aromatic heterocycles. The summed E-state index contributed by atoms with van der Waals surface area (Å²) in [6, 6.07) is 17.3. The minimum atomic E-state index is -0.625. The van der Waals surface area contributed by atoms with Crippen molar-refractivity contribution in [2.75, 3.05) is 10.6 Å². The summed E-state index contributed by atoms with van der Waals surface area (Å²) in [7, 11) is 0. The van der Waals surface area contributed by atoms with E-state index in [-0.39, 0.29) is 11.8 Å². The number of benzene rings is 2. The Kier molecular flexibility index (Phi) is 3.41. The quantitative estimate of drug-likeness (QED) is 0.483. The van der Waals surface area contributed by atoms with Gasteiger partial charge in [0.25, 0.3) is 5.91 Å². The third-order valence-electron chi connectivity index (χ3n) is 6.25. The normalized spacial score (nSPS) is 19.0. The number of nitrogens with zero attached hydrogens (tertiary/aromatic N) is 1. The lowest BCUT2D eigenvalue weighted by molar-refractivity contribution is -0.120. The van der Waals surface area contributed by atoms with Gasteiger partial charge in [0.2, 0.25) is 5.91 Å². The predicted octanol–water partition coefficient (Wildman–Crippen LogP) is 3.80. The van der Waals surface area contributed by atoms with Crippen molar-refractivity contribution in [2.45, 2.75) is 18.3 Å². The first-order valence-corrected chi connectivity index (χ1v) is 9.90. The molecule has 1 aliphatic carbocycles. The van der Waals surface area contributed by atoms with Gasteiger partial charge in [-0.2, -0.15) is 0 Å². The molecule has 3 N–H and O–H groups in total. The maximum absolute atomic E-state index is 12.9. The average molecular weight is 394 g/mol. The van der Waals surface area contributed by atoms with Crippen molar-refractivity contribution in [3.63, 3.8) is 0 Å². The summed E-state index contributed by atoms with van der Waals surface area (Å²) in [5.74, 6) is 0.471. The maximum atomic E-state index is 12.9. The van der Waals surface area contributed by atoms with Gasteiger partial charge < -0.3 is 15.6 Å². The number of rotatable bonds is 2. The Morgan fingerprint density at radius 2 is 1.93 bits per heavy atom. The molecule has 146 valence electrons. The molecule has 1 atom stereocenters. The third kappa shape index (κ3) is 2.40. The lowest BCUT2D eigenvalue weighted by atomic mass is 9.79. The summed E-state index contributed by atoms with van der Waals surface area (Å²) < 4.78 is 0. The number of carbonyl (C=O) groups is 2. The van der Waals surface area contributed by atoms with Gasteiger partial charge in [0.1, 0.15) is 5.82 Å². The Morgan fingerprint density at radius 3 is 2.87 bits per heavy atom. The largest absolute Gasteiger partial charge is 0.361 e. The van der Waals surface area contributed by atoms with Crippen LogP contribution >= 0.6 is 0 Å². The lowest BCUT2D eigenvalue weighted by Crippen LogP contribution is -2.35. The van der Waals surface area contributed by atoms with Gasteiger partial charge in [-0.05, 0) is 66.4 Å². The zero-order valence-electron chi connectivity index (χ0n) is 16.0. The molecule has 1 spiro atoms. The van der Waals surface area contributed by atoms with Gasteiger partial charge >= 0.3 is 0 Å². The van der Waals surface area contributed by atoms with E-state index in [4.69, 9.17) is 0 Å². The fourth-order valence-electron chi connectivity index (χ4n) is 4.74. The highest BCUT2D eigenvalue weighted by Gasteiger charge is 2.51. The molecule has 2 amide bonds. The van der Waals surface area contributed by atoms with Gasteiger partial charge in [0.15, 0.2) is 0 Å². The predicted molar refractivity (Wildman–Crippen MR) is 115 cm³/mol. The summed E-state index contributed by atoms with van der Waals surface area (Å²) in [5.41, 5.74) is 4.82. The molecule has 6 nitrogen and oxygen atoms in total. The van der Waals surface area contributed by atoms with Crippen molar-refractivity contribution < 1.29 is 9.59 Å². The molecule has 2 aliphatic rings. The zero-order valence-corrected chi connectivity index (χ0v) is 16.0. The summed E-state index contributed by atoms with van der Waals surface area (Å²) >= 11 is 0. The Hall–Kier alpha value is -3.93. The number of hydrogen-bond acceptors (Lipinski definition) is 3. The van der Waals surface area contributed by atoms with Crippen LogP contribution in [0.15, 0.2) is 67.0 Å². The summed E-state index contributed by atoms with van der Waals surface area (Å²) in [5, 5.41) is 6.93. The minimum absolute atomic E-state index is 0.0155. The van der Waals surface area contributed by atoms with Crippen molar-refractivity contribution in [3.05, 3.63) is 89.2 Å². The number of anilines is 2. The Bertz CT molecular complexity index is 1360. The van der Waals surface area contributed by atoms with Crippen LogP contribution in [0, 0.1) is 0 Å². The van der Waals surface area contributed by atoms with E-state index in [1.165, 1.54) is 0 Å². The van der Waals surface area contributed by atoms with Gasteiger partial charge in [-0.25, -0.2) is 4.98 Å². The molecule has 1 unspecified atom stereocenters. The van der Waals surface area contributed by atoms with E-state index in [0.717, 1.165) is 33.3 Å². The molecule has 0 radical (unpaired) electrons. The van der Waals surface area contributed by atoms with Crippen molar-refractivity contribution in [2.24, 2.45) is 0 Å². The van der Waals surface area contributed by atoms with E-state index in [0.29, 0.717) is 24.2 Å². The van der Waals surface area contributed by atoms with Crippen LogP contribution in [0.25, 0.3) is 10.9 Å². The Labute approximate surface area is 172 Å². The number of nitrogens with one attached hydrogen (secondary N) is 3. The summed E-state index contributed by atoms with van der Waals surface area (Å²) in [6.07, 6.45) is 4.76. The highest BCUT2D eigenvalue weighted by Crippen LogP contribution is 2.46. The van der Waals surface area contributed by atoms with Crippen molar-refractivity contribution in [3.8, 4) is 0 Å². The monoisotopic (exact) mass is 394 g/mol. The topological polar surface area (TPSA) is 86.9 Å². The van der Waals surface area contributed by atoms with Gasteiger partial charge in [0.05, 0.1) is 5.41 Å². The number of pyridine rings is 1. The molecular weight excluding hydrogens is 376 g/mol. The van der Waals surface area contributed by atoms with Crippen LogP contribution in [0.3, 0.4) is 0 Å². The molecule has 1 aliphatic heterocycles. The summed E-state index contributed by atoms with van der Waals surface area (Å²) in [6.45, 7) is 0. The third-order valence-corrected chi connectivity index (χ3v) is 6.25. The second kappa shape index (κ2) is 6.03. The number of aromatic nitrogens is 2. The highest BCUT2D eigenvalue weighted by atomic mass is 16.2. The molecule has 0 bridgehead atoms. The number of carbonyl (C=O) groups excluding carboxylic acids is 2. The number of amides is 2. The molecule has 0 saturated heterocycles. The second-order valence-electron chi connectivity index (χ2n) is 8.01. The van der Waals surface area contributed by atoms with Gasteiger partial charge in [-0.15, -0.1) is 0 Å². The molecule has 4 aromatic rings. The smallest absolute Gasteiger partial charge is 0.255 e.